The highest BCUT2D eigenvalue weighted by molar-refractivity contribution is 6.28. The topological polar surface area (TPSA) is 86.5 Å². The van der Waals surface area contributed by atoms with E-state index in [4.69, 9.17) is 21.7 Å². The third kappa shape index (κ3) is 4.70. The second-order valence-corrected chi connectivity index (χ2v) is 7.83. The van der Waals surface area contributed by atoms with E-state index in [1.807, 2.05) is 0 Å². The van der Waals surface area contributed by atoms with Gasteiger partial charge in [0.2, 0.25) is 16.8 Å². The number of nitrogens with zero attached hydrogens (tertiary/aromatic N) is 6. The first-order valence-corrected chi connectivity index (χ1v) is 10.2. The molecule has 0 unspecified atom stereocenters. The van der Waals surface area contributed by atoms with Gasteiger partial charge in [0, 0.05) is 6.07 Å². The molecular weight excluding hydrogens is 504 g/mol. The van der Waals surface area contributed by atoms with Gasteiger partial charge in [0.05, 0.1) is 25.0 Å². The van der Waals surface area contributed by atoms with Gasteiger partial charge < -0.3 is 4.74 Å². The van der Waals surface area contributed by atoms with Crippen LogP contribution in [0.2, 0.25) is 5.28 Å². The van der Waals surface area contributed by atoms with Crippen LogP contribution in [-0.2, 0) is 12.7 Å². The summed E-state index contributed by atoms with van der Waals surface area (Å²) in [5.41, 5.74) is -0.811. The zero-order valence-corrected chi connectivity index (χ0v) is 18.7. The molecule has 0 spiro atoms. The lowest BCUT2D eigenvalue weighted by molar-refractivity contribution is -0.141. The van der Waals surface area contributed by atoms with Gasteiger partial charge in [0.1, 0.15) is 12.1 Å². The van der Waals surface area contributed by atoms with Crippen molar-refractivity contribution >= 4 is 22.8 Å². The Morgan fingerprint density at radius 3 is 2.34 bits per heavy atom. The largest absolute Gasteiger partial charge is 0.481 e. The summed E-state index contributed by atoms with van der Waals surface area (Å²) in [5.74, 6) is -0.137. The number of ether oxygens (including phenoxy) is 1. The summed E-state index contributed by atoms with van der Waals surface area (Å²) in [4.78, 5) is 7.75. The number of hydrogen-bond acceptors (Lipinski definition) is 5. The number of fused-ring (bicyclic) bond motifs is 1. The van der Waals surface area contributed by atoms with Gasteiger partial charge in [0.25, 0.3) is 0 Å². The summed E-state index contributed by atoms with van der Waals surface area (Å²) in [5, 5.41) is 11.7. The monoisotopic (exact) mass is 519 g/mol. The van der Waals surface area contributed by atoms with Crippen LogP contribution in [0.4, 0.5) is 26.3 Å². The number of aromatic nitrogens is 6. The molecule has 1 N–H and O–H groups in total. The average Bonchev–Trinajstić information content (AvgIpc) is 3.32. The molecule has 1 aromatic carbocycles. The standard InChI is InChI=1S/C20H16ClF6N7O/c1-10(33-16-13(8-29-17(21)30-16)32(18(33)28)9-19(22,23)24)11-3-5-12(6-4-11)34-15(35-2)7-14(31-34)20(25,26)27/h3-8,10,28H,9H2,1-2H3/t10-/m1/s1. The molecule has 0 aliphatic heterocycles. The van der Waals surface area contributed by atoms with Crippen LogP contribution < -0.4 is 10.4 Å². The van der Waals surface area contributed by atoms with Crippen LogP contribution in [0, 0.1) is 5.41 Å². The number of alkyl halides is 6. The maximum absolute atomic E-state index is 13.1. The number of halogens is 7. The fraction of sp³-hybridized carbons (Fsp3) is 0.300. The van der Waals surface area contributed by atoms with Crippen LogP contribution in [0.5, 0.6) is 5.88 Å². The summed E-state index contributed by atoms with van der Waals surface area (Å²) in [7, 11) is 1.21. The first-order chi connectivity index (χ1) is 16.3. The minimum atomic E-state index is -4.66. The third-order valence-corrected chi connectivity index (χ3v) is 5.43. The van der Waals surface area contributed by atoms with Gasteiger partial charge in [-0.25, -0.2) is 9.67 Å². The van der Waals surface area contributed by atoms with E-state index in [1.54, 1.807) is 19.1 Å². The zero-order chi connectivity index (χ0) is 25.7. The van der Waals surface area contributed by atoms with Gasteiger partial charge in [-0.05, 0) is 36.2 Å². The molecule has 0 saturated heterocycles. The van der Waals surface area contributed by atoms with Crippen molar-refractivity contribution in [3.05, 3.63) is 58.7 Å². The fourth-order valence-electron chi connectivity index (χ4n) is 3.64. The molecule has 8 nitrogen and oxygen atoms in total. The zero-order valence-electron chi connectivity index (χ0n) is 18.0. The Hall–Kier alpha value is -3.55. The molecule has 186 valence electrons. The molecule has 15 heteroatoms. The molecule has 0 aliphatic carbocycles. The van der Waals surface area contributed by atoms with Crippen molar-refractivity contribution in [3.63, 3.8) is 0 Å². The molecular formula is C20H16ClF6N7O. The van der Waals surface area contributed by atoms with Crippen molar-refractivity contribution in [2.24, 2.45) is 0 Å². The van der Waals surface area contributed by atoms with Crippen molar-refractivity contribution < 1.29 is 31.1 Å². The van der Waals surface area contributed by atoms with Crippen LogP contribution in [0.15, 0.2) is 36.5 Å². The van der Waals surface area contributed by atoms with E-state index in [-0.39, 0.29) is 28.0 Å². The molecule has 35 heavy (non-hydrogen) atoms. The first-order valence-electron chi connectivity index (χ1n) is 9.86. The number of benzene rings is 1. The highest BCUT2D eigenvalue weighted by atomic mass is 35.5. The normalized spacial score (nSPS) is 13.4. The Bertz CT molecular complexity index is 1440. The predicted molar refractivity (Wildman–Crippen MR) is 111 cm³/mol. The Kier molecular flexibility index (Phi) is 6.03. The van der Waals surface area contributed by atoms with Crippen LogP contribution in [0.1, 0.15) is 24.2 Å². The number of rotatable bonds is 5. The van der Waals surface area contributed by atoms with Crippen LogP contribution >= 0.6 is 11.6 Å². The van der Waals surface area contributed by atoms with Crippen LogP contribution in [-0.4, -0.2) is 42.2 Å². The van der Waals surface area contributed by atoms with Crippen molar-refractivity contribution in [3.8, 4) is 11.6 Å². The minimum absolute atomic E-state index is 0.0267. The Labute approximate surface area is 197 Å². The van der Waals surface area contributed by atoms with E-state index in [1.165, 1.54) is 23.8 Å². The Morgan fingerprint density at radius 2 is 1.77 bits per heavy atom. The summed E-state index contributed by atoms with van der Waals surface area (Å²) >= 11 is 5.86. The third-order valence-electron chi connectivity index (χ3n) is 5.24. The quantitative estimate of drug-likeness (QED) is 0.304. The summed E-state index contributed by atoms with van der Waals surface area (Å²) < 4.78 is 86.5. The SMILES string of the molecule is COc1cc(C(F)(F)F)nn1-c1ccc([C@@H](C)n2c(=N)n(CC(F)(F)F)c3cnc(Cl)nc32)cc1. The molecule has 4 aromatic rings. The van der Waals surface area contributed by atoms with E-state index in [0.717, 1.165) is 21.5 Å². The van der Waals surface area contributed by atoms with Gasteiger partial charge in [-0.3, -0.25) is 14.5 Å². The second-order valence-electron chi connectivity index (χ2n) is 7.49. The Balaban J connectivity index is 1.76. The average molecular weight is 520 g/mol. The van der Waals surface area contributed by atoms with Gasteiger partial charge in [-0.2, -0.15) is 36.4 Å². The predicted octanol–water partition coefficient (Wildman–Crippen LogP) is 4.75. The van der Waals surface area contributed by atoms with E-state index in [2.05, 4.69) is 15.1 Å². The van der Waals surface area contributed by atoms with Crippen molar-refractivity contribution in [1.82, 2.24) is 28.9 Å². The van der Waals surface area contributed by atoms with E-state index >= 15 is 0 Å². The van der Waals surface area contributed by atoms with E-state index < -0.39 is 36.3 Å². The lowest BCUT2D eigenvalue weighted by Crippen LogP contribution is -2.31. The highest BCUT2D eigenvalue weighted by Gasteiger charge is 2.35. The van der Waals surface area contributed by atoms with E-state index in [0.29, 0.717) is 5.56 Å². The summed E-state index contributed by atoms with van der Waals surface area (Å²) in [6.45, 7) is 0.212. The fourth-order valence-corrected chi connectivity index (χ4v) is 3.77. The van der Waals surface area contributed by atoms with E-state index in [9.17, 15) is 26.3 Å². The smallest absolute Gasteiger partial charge is 0.435 e. The molecule has 0 aliphatic rings. The summed E-state index contributed by atoms with van der Waals surface area (Å²) in [6, 6.07) is 6.13. The number of methoxy groups -OCH3 is 1. The number of hydrogen-bond donors (Lipinski definition) is 1. The van der Waals surface area contributed by atoms with Gasteiger partial charge in [0.15, 0.2) is 11.3 Å². The highest BCUT2D eigenvalue weighted by Crippen LogP contribution is 2.32. The van der Waals surface area contributed by atoms with Crippen LogP contribution in [0.25, 0.3) is 16.9 Å². The molecule has 3 heterocycles. The van der Waals surface area contributed by atoms with Gasteiger partial charge >= 0.3 is 12.4 Å². The van der Waals surface area contributed by atoms with Crippen molar-refractivity contribution in [2.75, 3.05) is 7.11 Å². The lowest BCUT2D eigenvalue weighted by atomic mass is 10.1. The molecule has 0 fully saturated rings. The van der Waals surface area contributed by atoms with Crippen LogP contribution in [0.3, 0.4) is 0 Å². The Morgan fingerprint density at radius 1 is 1.11 bits per heavy atom. The molecule has 4 rings (SSSR count). The number of nitrogens with one attached hydrogen (secondary N) is 1. The van der Waals surface area contributed by atoms with Gasteiger partial charge in [-0.1, -0.05) is 12.1 Å². The molecule has 0 amide bonds. The van der Waals surface area contributed by atoms with Gasteiger partial charge in [-0.15, -0.1) is 0 Å². The molecule has 0 bridgehead atoms. The second kappa shape index (κ2) is 8.59. The number of imidazole rings is 1. The minimum Gasteiger partial charge on any atom is -0.481 e. The lowest BCUT2D eigenvalue weighted by Gasteiger charge is -2.16. The maximum Gasteiger partial charge on any atom is 0.435 e. The summed E-state index contributed by atoms with van der Waals surface area (Å²) in [6.07, 6.45) is -8.15. The molecule has 1 atom stereocenters. The molecule has 3 aromatic heterocycles. The molecule has 0 saturated carbocycles. The maximum atomic E-state index is 13.1. The van der Waals surface area contributed by atoms with Crippen molar-refractivity contribution in [2.45, 2.75) is 31.9 Å². The van der Waals surface area contributed by atoms with Crippen molar-refractivity contribution in [1.29, 1.82) is 5.41 Å². The first kappa shape index (κ1) is 24.6. The molecule has 0 radical (unpaired) electrons.